The van der Waals surface area contributed by atoms with Gasteiger partial charge in [0.15, 0.2) is 0 Å². The van der Waals surface area contributed by atoms with Crippen molar-refractivity contribution in [1.82, 2.24) is 20.0 Å². The Morgan fingerprint density at radius 3 is 2.56 bits per heavy atom. The number of carbonyl (C=O) groups excluding carboxylic acids is 1. The summed E-state index contributed by atoms with van der Waals surface area (Å²) in [7, 11) is -3.75. The number of pyridine rings is 1. The smallest absolute Gasteiger partial charge is 0.241 e. The average molecular weight is 403 g/mol. The van der Waals surface area contributed by atoms with Gasteiger partial charge in [-0.1, -0.05) is 18.2 Å². The van der Waals surface area contributed by atoms with Crippen LogP contribution in [0.1, 0.15) is 11.9 Å². The van der Waals surface area contributed by atoms with E-state index in [2.05, 4.69) is 20.0 Å². The zero-order chi connectivity index (χ0) is 19.3. The number of carbonyl (C=O) groups is 1. The molecule has 0 radical (unpaired) electrons. The summed E-state index contributed by atoms with van der Waals surface area (Å²) < 4.78 is 26.9. The Labute approximate surface area is 161 Å². The second-order valence-electron chi connectivity index (χ2n) is 5.74. The molecule has 3 aromatic rings. The van der Waals surface area contributed by atoms with Crippen LogP contribution in [0.4, 0.5) is 0 Å². The van der Waals surface area contributed by atoms with Gasteiger partial charge in [-0.2, -0.15) is 4.72 Å². The lowest BCUT2D eigenvalue weighted by molar-refractivity contribution is -0.122. The highest BCUT2D eigenvalue weighted by molar-refractivity contribution is 7.89. The molecule has 0 unspecified atom stereocenters. The van der Waals surface area contributed by atoms with Crippen LogP contribution in [-0.2, 0) is 21.4 Å². The number of aromatic nitrogens is 2. The van der Waals surface area contributed by atoms with Crippen molar-refractivity contribution in [2.45, 2.75) is 24.4 Å². The van der Waals surface area contributed by atoms with Crippen LogP contribution in [0.2, 0.25) is 0 Å². The number of hydrogen-bond acceptors (Lipinski definition) is 6. The molecule has 27 heavy (non-hydrogen) atoms. The third-order valence-electron chi connectivity index (χ3n) is 3.72. The summed E-state index contributed by atoms with van der Waals surface area (Å²) in [5, 5.41) is 5.34. The lowest BCUT2D eigenvalue weighted by Gasteiger charge is -2.14. The van der Waals surface area contributed by atoms with E-state index in [1.54, 1.807) is 30.6 Å². The topological polar surface area (TPSA) is 101 Å². The highest BCUT2D eigenvalue weighted by Crippen LogP contribution is 2.20. The van der Waals surface area contributed by atoms with Crippen LogP contribution in [0.5, 0.6) is 0 Å². The van der Waals surface area contributed by atoms with Crippen LogP contribution >= 0.6 is 11.3 Å². The first-order valence-corrected chi connectivity index (χ1v) is 10.5. The molecule has 3 rings (SSSR count). The molecule has 1 aromatic carbocycles. The quantitative estimate of drug-likeness (QED) is 0.631. The Hall–Kier alpha value is -2.62. The van der Waals surface area contributed by atoms with Crippen LogP contribution in [0.3, 0.4) is 0 Å². The van der Waals surface area contributed by atoms with Crippen molar-refractivity contribution in [2.75, 3.05) is 0 Å². The summed E-state index contributed by atoms with van der Waals surface area (Å²) in [6.45, 7) is 1.73. The minimum atomic E-state index is -3.75. The molecule has 0 aliphatic rings. The number of benzene rings is 1. The minimum Gasteiger partial charge on any atom is -0.348 e. The minimum absolute atomic E-state index is 0.117. The SMILES string of the molecule is C[C@H](NS(=O)(=O)c1ccccc1)C(=O)NCc1nc(-c2ccncc2)cs1. The largest absolute Gasteiger partial charge is 0.348 e. The number of hydrogen-bond donors (Lipinski definition) is 2. The van der Waals surface area contributed by atoms with Gasteiger partial charge >= 0.3 is 0 Å². The summed E-state index contributed by atoms with van der Waals surface area (Å²) >= 11 is 1.42. The molecular formula is C18H18N4O3S2. The van der Waals surface area contributed by atoms with Gasteiger partial charge in [-0.25, -0.2) is 13.4 Å². The van der Waals surface area contributed by atoms with Gasteiger partial charge in [-0.3, -0.25) is 9.78 Å². The summed E-state index contributed by atoms with van der Waals surface area (Å²) in [6.07, 6.45) is 3.38. The molecule has 0 saturated carbocycles. The molecule has 9 heteroatoms. The molecule has 0 aliphatic carbocycles. The van der Waals surface area contributed by atoms with E-state index in [1.165, 1.54) is 30.4 Å². The van der Waals surface area contributed by atoms with Gasteiger partial charge in [0.2, 0.25) is 15.9 Å². The first-order valence-electron chi connectivity index (χ1n) is 8.15. The van der Waals surface area contributed by atoms with E-state index in [0.29, 0.717) is 0 Å². The standard InChI is InChI=1S/C18H18N4O3S2/c1-13(22-27(24,25)15-5-3-2-4-6-15)18(23)20-11-17-21-16(12-26-17)14-7-9-19-10-8-14/h2-10,12-13,22H,11H2,1H3,(H,20,23)/t13-/m0/s1. The van der Waals surface area contributed by atoms with E-state index in [0.717, 1.165) is 16.3 Å². The van der Waals surface area contributed by atoms with E-state index in [1.807, 2.05) is 17.5 Å². The van der Waals surface area contributed by atoms with Crippen LogP contribution < -0.4 is 10.0 Å². The maximum absolute atomic E-state index is 12.3. The molecule has 1 amide bonds. The van der Waals surface area contributed by atoms with Crippen LogP contribution in [-0.4, -0.2) is 30.3 Å². The number of nitrogens with one attached hydrogen (secondary N) is 2. The fourth-order valence-electron chi connectivity index (χ4n) is 2.32. The highest BCUT2D eigenvalue weighted by Gasteiger charge is 2.21. The van der Waals surface area contributed by atoms with Crippen molar-refractivity contribution >= 4 is 27.3 Å². The molecule has 140 valence electrons. The van der Waals surface area contributed by atoms with Crippen molar-refractivity contribution < 1.29 is 13.2 Å². The summed E-state index contributed by atoms with van der Waals surface area (Å²) in [5.74, 6) is -0.421. The summed E-state index contributed by atoms with van der Waals surface area (Å²) in [6, 6.07) is 10.7. The van der Waals surface area contributed by atoms with Gasteiger partial charge in [0.25, 0.3) is 0 Å². The lowest BCUT2D eigenvalue weighted by Crippen LogP contribution is -2.44. The number of amides is 1. The van der Waals surface area contributed by atoms with E-state index in [9.17, 15) is 13.2 Å². The first kappa shape index (κ1) is 19.2. The van der Waals surface area contributed by atoms with Crippen molar-refractivity contribution in [3.05, 3.63) is 65.2 Å². The Kier molecular flexibility index (Phi) is 5.94. The van der Waals surface area contributed by atoms with E-state index < -0.39 is 22.0 Å². The Bertz CT molecular complexity index is 1010. The highest BCUT2D eigenvalue weighted by atomic mass is 32.2. The molecule has 0 bridgehead atoms. The molecule has 0 fully saturated rings. The maximum Gasteiger partial charge on any atom is 0.241 e. The zero-order valence-corrected chi connectivity index (χ0v) is 16.1. The zero-order valence-electron chi connectivity index (χ0n) is 14.5. The maximum atomic E-state index is 12.3. The third-order valence-corrected chi connectivity index (χ3v) is 6.13. The molecule has 7 nitrogen and oxygen atoms in total. The van der Waals surface area contributed by atoms with Crippen molar-refractivity contribution in [3.8, 4) is 11.3 Å². The van der Waals surface area contributed by atoms with Crippen molar-refractivity contribution in [2.24, 2.45) is 0 Å². The van der Waals surface area contributed by atoms with Crippen molar-refractivity contribution in [3.63, 3.8) is 0 Å². The number of rotatable bonds is 7. The predicted octanol–water partition coefficient (Wildman–Crippen LogP) is 2.19. The van der Waals surface area contributed by atoms with Crippen LogP contribution in [0.15, 0.2) is 65.1 Å². The normalized spacial score (nSPS) is 12.5. The lowest BCUT2D eigenvalue weighted by atomic mass is 10.2. The van der Waals surface area contributed by atoms with Crippen LogP contribution in [0, 0.1) is 0 Å². The molecular weight excluding hydrogens is 384 g/mol. The number of thiazole rings is 1. The number of nitrogens with zero attached hydrogens (tertiary/aromatic N) is 2. The molecule has 0 saturated heterocycles. The van der Waals surface area contributed by atoms with Crippen molar-refractivity contribution in [1.29, 1.82) is 0 Å². The van der Waals surface area contributed by atoms with Gasteiger partial charge in [0.05, 0.1) is 23.2 Å². The second-order valence-corrected chi connectivity index (χ2v) is 8.39. The Balaban J connectivity index is 1.57. The molecule has 0 aliphatic heterocycles. The van der Waals surface area contributed by atoms with E-state index in [4.69, 9.17) is 0 Å². The first-order chi connectivity index (χ1) is 13.0. The van der Waals surface area contributed by atoms with Gasteiger partial charge < -0.3 is 5.32 Å². The summed E-state index contributed by atoms with van der Waals surface area (Å²) in [4.78, 5) is 20.8. The molecule has 0 spiro atoms. The van der Waals surface area contributed by atoms with Gasteiger partial charge in [-0.05, 0) is 31.2 Å². The van der Waals surface area contributed by atoms with Gasteiger partial charge in [-0.15, -0.1) is 11.3 Å². The Morgan fingerprint density at radius 2 is 1.85 bits per heavy atom. The predicted molar refractivity (Wildman–Crippen MR) is 103 cm³/mol. The molecule has 2 aromatic heterocycles. The third kappa shape index (κ3) is 4.97. The fourth-order valence-corrected chi connectivity index (χ4v) is 4.28. The van der Waals surface area contributed by atoms with Gasteiger partial charge in [0.1, 0.15) is 5.01 Å². The average Bonchev–Trinajstić information content (AvgIpc) is 3.16. The number of sulfonamides is 1. The fraction of sp³-hybridized carbons (Fsp3) is 0.167. The Morgan fingerprint density at radius 1 is 1.15 bits per heavy atom. The van der Waals surface area contributed by atoms with E-state index >= 15 is 0 Å². The van der Waals surface area contributed by atoms with Gasteiger partial charge in [0, 0.05) is 23.3 Å². The molecule has 2 N–H and O–H groups in total. The summed E-state index contributed by atoms with van der Waals surface area (Å²) in [5.41, 5.74) is 1.76. The molecule has 2 heterocycles. The second kappa shape index (κ2) is 8.38. The monoisotopic (exact) mass is 402 g/mol. The van der Waals surface area contributed by atoms with Crippen LogP contribution in [0.25, 0.3) is 11.3 Å². The molecule has 1 atom stereocenters. The van der Waals surface area contributed by atoms with E-state index in [-0.39, 0.29) is 11.4 Å².